The van der Waals surface area contributed by atoms with Crippen molar-refractivity contribution in [3.05, 3.63) is 29.3 Å². The highest BCUT2D eigenvalue weighted by molar-refractivity contribution is 5.71. The van der Waals surface area contributed by atoms with Gasteiger partial charge in [-0.25, -0.2) is 4.79 Å². The molecule has 2 rings (SSSR count). The molecule has 104 valence electrons. The van der Waals surface area contributed by atoms with Crippen LogP contribution in [0.2, 0.25) is 0 Å². The molecular weight excluding hydrogens is 242 g/mol. The average Bonchev–Trinajstić information content (AvgIpc) is 2.86. The zero-order valence-corrected chi connectivity index (χ0v) is 11.6. The van der Waals surface area contributed by atoms with Crippen molar-refractivity contribution in [3.63, 3.8) is 0 Å². The summed E-state index contributed by atoms with van der Waals surface area (Å²) in [5.74, 6) is 0.458. The minimum absolute atomic E-state index is 0.0278. The van der Waals surface area contributed by atoms with E-state index in [1.807, 2.05) is 12.1 Å². The number of ether oxygens (including phenoxy) is 2. The van der Waals surface area contributed by atoms with Crippen LogP contribution in [0.4, 0.5) is 0 Å². The zero-order valence-electron chi connectivity index (χ0n) is 11.6. The summed E-state index contributed by atoms with van der Waals surface area (Å²) in [4.78, 5) is 11.1. The first-order valence-corrected chi connectivity index (χ1v) is 6.81. The summed E-state index contributed by atoms with van der Waals surface area (Å²) in [5, 5.41) is 3.54. The number of carbonyl (C=O) groups is 1. The van der Waals surface area contributed by atoms with Crippen molar-refractivity contribution in [2.24, 2.45) is 0 Å². The maximum absolute atomic E-state index is 11.1. The van der Waals surface area contributed by atoms with Crippen molar-refractivity contribution >= 4 is 5.97 Å². The van der Waals surface area contributed by atoms with Gasteiger partial charge in [-0.1, -0.05) is 19.1 Å². The van der Waals surface area contributed by atoms with Crippen molar-refractivity contribution in [2.75, 3.05) is 20.3 Å². The molecule has 0 heterocycles. The molecule has 0 saturated heterocycles. The lowest BCUT2D eigenvalue weighted by Crippen LogP contribution is -2.19. The number of rotatable bonds is 6. The fourth-order valence-electron chi connectivity index (χ4n) is 2.48. The van der Waals surface area contributed by atoms with E-state index in [0.29, 0.717) is 6.04 Å². The van der Waals surface area contributed by atoms with Gasteiger partial charge < -0.3 is 14.8 Å². The van der Waals surface area contributed by atoms with Gasteiger partial charge in [-0.05, 0) is 43.0 Å². The second-order valence-electron chi connectivity index (χ2n) is 4.73. The summed E-state index contributed by atoms with van der Waals surface area (Å²) >= 11 is 0. The van der Waals surface area contributed by atoms with Crippen LogP contribution in [0.5, 0.6) is 5.75 Å². The molecule has 0 radical (unpaired) electrons. The SMILES string of the molecule is CCCNC1CCc2c(OCC(=O)OC)cccc21. The normalized spacial score (nSPS) is 17.1. The van der Waals surface area contributed by atoms with Crippen LogP contribution in [0.3, 0.4) is 0 Å². The predicted octanol–water partition coefficient (Wildman–Crippen LogP) is 2.23. The Balaban J connectivity index is 2.07. The Kier molecular flexibility index (Phi) is 4.80. The molecule has 0 bridgehead atoms. The third-order valence-electron chi connectivity index (χ3n) is 3.44. The molecule has 0 spiro atoms. The lowest BCUT2D eigenvalue weighted by molar-refractivity contribution is -0.142. The number of carbonyl (C=O) groups excluding carboxylic acids is 1. The molecule has 4 heteroatoms. The lowest BCUT2D eigenvalue weighted by Gasteiger charge is -2.14. The minimum Gasteiger partial charge on any atom is -0.482 e. The van der Waals surface area contributed by atoms with E-state index in [2.05, 4.69) is 23.0 Å². The third kappa shape index (κ3) is 3.26. The monoisotopic (exact) mass is 263 g/mol. The Morgan fingerprint density at radius 2 is 2.32 bits per heavy atom. The molecule has 4 nitrogen and oxygen atoms in total. The van der Waals surface area contributed by atoms with Crippen LogP contribution in [0.15, 0.2) is 18.2 Å². The van der Waals surface area contributed by atoms with E-state index in [0.717, 1.165) is 31.6 Å². The number of hydrogen-bond acceptors (Lipinski definition) is 4. The summed E-state index contributed by atoms with van der Waals surface area (Å²) in [5.41, 5.74) is 2.52. The number of benzene rings is 1. The number of methoxy groups -OCH3 is 1. The fraction of sp³-hybridized carbons (Fsp3) is 0.533. The van der Waals surface area contributed by atoms with Crippen molar-refractivity contribution in [1.82, 2.24) is 5.32 Å². The lowest BCUT2D eigenvalue weighted by atomic mass is 10.1. The van der Waals surface area contributed by atoms with Gasteiger partial charge in [-0.3, -0.25) is 0 Å². The Bertz CT molecular complexity index is 445. The van der Waals surface area contributed by atoms with Crippen LogP contribution >= 0.6 is 0 Å². The van der Waals surface area contributed by atoms with Crippen LogP contribution in [-0.4, -0.2) is 26.2 Å². The summed E-state index contributed by atoms with van der Waals surface area (Å²) in [6.45, 7) is 3.16. The first-order chi connectivity index (χ1) is 9.26. The van der Waals surface area contributed by atoms with E-state index in [1.54, 1.807) is 0 Å². The molecule has 1 atom stereocenters. The van der Waals surface area contributed by atoms with Gasteiger partial charge in [0.1, 0.15) is 5.75 Å². The highest BCUT2D eigenvalue weighted by Gasteiger charge is 2.24. The Morgan fingerprint density at radius 3 is 3.05 bits per heavy atom. The zero-order chi connectivity index (χ0) is 13.7. The fourth-order valence-corrected chi connectivity index (χ4v) is 2.48. The summed E-state index contributed by atoms with van der Waals surface area (Å²) in [6, 6.07) is 6.46. The highest BCUT2D eigenvalue weighted by atomic mass is 16.6. The average molecular weight is 263 g/mol. The predicted molar refractivity (Wildman–Crippen MR) is 73.3 cm³/mol. The summed E-state index contributed by atoms with van der Waals surface area (Å²) in [7, 11) is 1.37. The first kappa shape index (κ1) is 13.9. The van der Waals surface area contributed by atoms with Gasteiger partial charge in [0.15, 0.2) is 6.61 Å². The third-order valence-corrected chi connectivity index (χ3v) is 3.44. The largest absolute Gasteiger partial charge is 0.482 e. The maximum atomic E-state index is 11.1. The quantitative estimate of drug-likeness (QED) is 0.800. The number of nitrogens with one attached hydrogen (secondary N) is 1. The van der Waals surface area contributed by atoms with Gasteiger partial charge in [0.25, 0.3) is 0 Å². The molecular formula is C15H21NO3. The van der Waals surface area contributed by atoms with Crippen LogP contribution in [-0.2, 0) is 16.0 Å². The molecule has 0 fully saturated rings. The number of hydrogen-bond donors (Lipinski definition) is 1. The van der Waals surface area contributed by atoms with Crippen LogP contribution in [0, 0.1) is 0 Å². The minimum atomic E-state index is -0.351. The summed E-state index contributed by atoms with van der Waals surface area (Å²) < 4.78 is 10.1. The molecule has 1 aromatic rings. The molecule has 0 amide bonds. The maximum Gasteiger partial charge on any atom is 0.343 e. The number of esters is 1. The molecule has 1 N–H and O–H groups in total. The topological polar surface area (TPSA) is 47.6 Å². The van der Waals surface area contributed by atoms with E-state index >= 15 is 0 Å². The van der Waals surface area contributed by atoms with Crippen molar-refractivity contribution < 1.29 is 14.3 Å². The number of fused-ring (bicyclic) bond motifs is 1. The van der Waals surface area contributed by atoms with E-state index in [1.165, 1.54) is 18.2 Å². The first-order valence-electron chi connectivity index (χ1n) is 6.81. The molecule has 0 saturated carbocycles. The Labute approximate surface area is 114 Å². The van der Waals surface area contributed by atoms with Crippen LogP contribution in [0.1, 0.15) is 36.9 Å². The second kappa shape index (κ2) is 6.57. The highest BCUT2D eigenvalue weighted by Crippen LogP contribution is 2.36. The Morgan fingerprint density at radius 1 is 1.47 bits per heavy atom. The smallest absolute Gasteiger partial charge is 0.343 e. The van der Waals surface area contributed by atoms with Crippen LogP contribution in [0.25, 0.3) is 0 Å². The van der Waals surface area contributed by atoms with Gasteiger partial charge in [0.05, 0.1) is 7.11 Å². The van der Waals surface area contributed by atoms with Gasteiger partial charge >= 0.3 is 5.97 Å². The van der Waals surface area contributed by atoms with Crippen LogP contribution < -0.4 is 10.1 Å². The molecule has 1 aliphatic rings. The molecule has 19 heavy (non-hydrogen) atoms. The van der Waals surface area contributed by atoms with Crippen molar-refractivity contribution in [1.29, 1.82) is 0 Å². The van der Waals surface area contributed by atoms with E-state index in [4.69, 9.17) is 4.74 Å². The standard InChI is InChI=1S/C15H21NO3/c1-3-9-16-13-8-7-12-11(13)5-4-6-14(12)19-10-15(17)18-2/h4-6,13,16H,3,7-10H2,1-2H3. The van der Waals surface area contributed by atoms with E-state index in [-0.39, 0.29) is 12.6 Å². The molecule has 1 unspecified atom stereocenters. The van der Waals surface area contributed by atoms with E-state index < -0.39 is 0 Å². The van der Waals surface area contributed by atoms with Gasteiger partial charge in [0, 0.05) is 6.04 Å². The summed E-state index contributed by atoms with van der Waals surface area (Å²) in [6.07, 6.45) is 3.21. The molecule has 0 aromatic heterocycles. The second-order valence-corrected chi connectivity index (χ2v) is 4.73. The van der Waals surface area contributed by atoms with Crippen molar-refractivity contribution in [2.45, 2.75) is 32.2 Å². The van der Waals surface area contributed by atoms with Gasteiger partial charge in [-0.2, -0.15) is 0 Å². The van der Waals surface area contributed by atoms with E-state index in [9.17, 15) is 4.79 Å². The molecule has 1 aromatic carbocycles. The molecule has 0 aliphatic heterocycles. The van der Waals surface area contributed by atoms with Crippen molar-refractivity contribution in [3.8, 4) is 5.75 Å². The van der Waals surface area contributed by atoms with Gasteiger partial charge in [0.2, 0.25) is 0 Å². The Hall–Kier alpha value is -1.55. The van der Waals surface area contributed by atoms with Gasteiger partial charge in [-0.15, -0.1) is 0 Å². The molecule has 1 aliphatic carbocycles.